The van der Waals surface area contributed by atoms with Gasteiger partial charge >= 0.3 is 0 Å². The summed E-state index contributed by atoms with van der Waals surface area (Å²) in [5, 5.41) is 2.89. The fourth-order valence-corrected chi connectivity index (χ4v) is 3.53. The largest absolute Gasteiger partial charge is 0.348 e. The summed E-state index contributed by atoms with van der Waals surface area (Å²) in [7, 11) is -3.70. The summed E-state index contributed by atoms with van der Waals surface area (Å²) in [6, 6.07) is 14.4. The molecule has 0 aliphatic rings. The van der Waals surface area contributed by atoms with Crippen molar-refractivity contribution in [3.8, 4) is 0 Å². The molecule has 0 saturated heterocycles. The van der Waals surface area contributed by atoms with Crippen LogP contribution in [0.5, 0.6) is 0 Å². The summed E-state index contributed by atoms with van der Waals surface area (Å²) < 4.78 is 27.3. The second kappa shape index (κ2) is 10.9. The van der Waals surface area contributed by atoms with Crippen molar-refractivity contribution in [2.45, 2.75) is 37.1 Å². The number of sulfonamides is 1. The average molecular weight is 412 g/mol. The third-order valence-corrected chi connectivity index (χ3v) is 5.38. The van der Waals surface area contributed by atoms with Gasteiger partial charge in [0.2, 0.25) is 0 Å². The molecule has 0 aliphatic heterocycles. The van der Waals surface area contributed by atoms with E-state index in [2.05, 4.69) is 17.0 Å². The van der Waals surface area contributed by atoms with Gasteiger partial charge in [-0.3, -0.25) is 9.52 Å². The molecule has 0 radical (unpaired) electrons. The average Bonchev–Trinajstić information content (AvgIpc) is 2.65. The van der Waals surface area contributed by atoms with E-state index in [9.17, 15) is 13.2 Å². The van der Waals surface area contributed by atoms with E-state index >= 15 is 0 Å². The molecular weight excluding hydrogens is 386 g/mol. The molecule has 8 heteroatoms. The number of anilines is 1. The summed E-state index contributed by atoms with van der Waals surface area (Å²) in [6.45, 7) is 2.46. The van der Waals surface area contributed by atoms with Crippen LogP contribution in [0.4, 0.5) is 5.69 Å². The Bertz CT molecular complexity index is 812. The lowest BCUT2D eigenvalue weighted by atomic mass is 10.1. The summed E-state index contributed by atoms with van der Waals surface area (Å²) >= 11 is 0. The van der Waals surface area contributed by atoms with E-state index in [1.54, 1.807) is 30.3 Å². The lowest BCUT2D eigenvalue weighted by molar-refractivity contribution is 0.0935. The van der Waals surface area contributed by atoms with E-state index in [1.165, 1.54) is 24.3 Å². The van der Waals surface area contributed by atoms with Crippen LogP contribution in [-0.2, 0) is 10.0 Å². The van der Waals surface area contributed by atoms with Gasteiger partial charge in [0.15, 0.2) is 0 Å². The third-order valence-electron chi connectivity index (χ3n) is 3.98. The van der Waals surface area contributed by atoms with Crippen molar-refractivity contribution in [1.29, 1.82) is 0 Å². The molecule has 0 spiro atoms. The van der Waals surface area contributed by atoms with Crippen molar-refractivity contribution < 1.29 is 13.2 Å². The Morgan fingerprint density at radius 3 is 2.26 bits per heavy atom. The lowest BCUT2D eigenvalue weighted by Crippen LogP contribution is -2.40. The maximum absolute atomic E-state index is 12.4. The standard InChI is InChI=1S/C19H25N3O3S.ClH/c1-2-3-7-17(14-20)21-19(23)15-10-12-18(13-11-15)26(24,25)22-16-8-5-4-6-9-16;/h4-6,8-13,17,22H,2-3,7,14,20H2,1H3,(H,21,23);1H. The number of hydrogen-bond donors (Lipinski definition) is 3. The molecule has 148 valence electrons. The van der Waals surface area contributed by atoms with Crippen LogP contribution in [0.25, 0.3) is 0 Å². The first-order valence-electron chi connectivity index (χ1n) is 8.65. The molecule has 4 N–H and O–H groups in total. The summed E-state index contributed by atoms with van der Waals surface area (Å²) in [5.41, 5.74) is 6.58. The number of hydrogen-bond acceptors (Lipinski definition) is 4. The monoisotopic (exact) mass is 411 g/mol. The first-order chi connectivity index (χ1) is 12.5. The second-order valence-electron chi connectivity index (χ2n) is 6.04. The number of benzene rings is 2. The number of rotatable bonds is 9. The van der Waals surface area contributed by atoms with Crippen molar-refractivity contribution in [3.63, 3.8) is 0 Å². The number of nitrogens with one attached hydrogen (secondary N) is 2. The molecule has 2 aromatic carbocycles. The minimum Gasteiger partial charge on any atom is -0.348 e. The molecule has 0 aromatic heterocycles. The number of unbranched alkanes of at least 4 members (excludes halogenated alkanes) is 1. The number of nitrogens with two attached hydrogens (primary N) is 1. The Balaban J connectivity index is 0.00000364. The molecule has 27 heavy (non-hydrogen) atoms. The Labute approximate surface area is 167 Å². The summed E-state index contributed by atoms with van der Waals surface area (Å²) in [6.07, 6.45) is 2.85. The second-order valence-corrected chi connectivity index (χ2v) is 7.73. The Morgan fingerprint density at radius 1 is 1.07 bits per heavy atom. The van der Waals surface area contributed by atoms with Crippen molar-refractivity contribution in [2.24, 2.45) is 5.73 Å². The van der Waals surface area contributed by atoms with Crippen LogP contribution in [0.15, 0.2) is 59.5 Å². The molecule has 0 fully saturated rings. The zero-order valence-corrected chi connectivity index (χ0v) is 16.9. The van der Waals surface area contributed by atoms with Gasteiger partial charge in [-0.25, -0.2) is 8.42 Å². The highest BCUT2D eigenvalue weighted by Crippen LogP contribution is 2.16. The number of carbonyl (C=O) groups is 1. The van der Waals surface area contributed by atoms with Crippen LogP contribution in [0.2, 0.25) is 0 Å². The minimum absolute atomic E-state index is 0. The molecule has 2 rings (SSSR count). The highest BCUT2D eigenvalue weighted by atomic mass is 35.5. The third kappa shape index (κ3) is 6.86. The maximum Gasteiger partial charge on any atom is 0.261 e. The first-order valence-corrected chi connectivity index (χ1v) is 10.1. The van der Waals surface area contributed by atoms with Crippen molar-refractivity contribution in [3.05, 3.63) is 60.2 Å². The van der Waals surface area contributed by atoms with Crippen molar-refractivity contribution in [2.75, 3.05) is 11.3 Å². The highest BCUT2D eigenvalue weighted by molar-refractivity contribution is 7.92. The lowest BCUT2D eigenvalue weighted by Gasteiger charge is -2.16. The van der Waals surface area contributed by atoms with Crippen LogP contribution in [0, 0.1) is 0 Å². The van der Waals surface area contributed by atoms with Gasteiger partial charge in [0.25, 0.3) is 15.9 Å². The fourth-order valence-electron chi connectivity index (χ4n) is 2.47. The highest BCUT2D eigenvalue weighted by Gasteiger charge is 2.16. The molecular formula is C19H26ClN3O3S. The van der Waals surface area contributed by atoms with E-state index < -0.39 is 10.0 Å². The topological polar surface area (TPSA) is 101 Å². The van der Waals surface area contributed by atoms with Crippen LogP contribution < -0.4 is 15.8 Å². The molecule has 1 amide bonds. The summed E-state index contributed by atoms with van der Waals surface area (Å²) in [5.74, 6) is -0.253. The number of para-hydroxylation sites is 1. The Hall–Kier alpha value is -2.09. The van der Waals surface area contributed by atoms with Gasteiger partial charge in [-0.05, 0) is 42.8 Å². The predicted molar refractivity (Wildman–Crippen MR) is 111 cm³/mol. The predicted octanol–water partition coefficient (Wildman–Crippen LogP) is 3.16. The normalized spacial score (nSPS) is 11.9. The molecule has 6 nitrogen and oxygen atoms in total. The number of halogens is 1. The minimum atomic E-state index is -3.70. The van der Waals surface area contributed by atoms with Crippen LogP contribution in [0.1, 0.15) is 36.5 Å². The molecule has 1 unspecified atom stereocenters. The fraction of sp³-hybridized carbons (Fsp3) is 0.316. The van der Waals surface area contributed by atoms with E-state index in [0.717, 1.165) is 19.3 Å². The molecule has 2 aromatic rings. The van der Waals surface area contributed by atoms with Crippen LogP contribution in [0.3, 0.4) is 0 Å². The van der Waals surface area contributed by atoms with Crippen molar-refractivity contribution in [1.82, 2.24) is 5.32 Å². The quantitative estimate of drug-likeness (QED) is 0.589. The van der Waals surface area contributed by atoms with Gasteiger partial charge in [-0.15, -0.1) is 12.4 Å². The van der Waals surface area contributed by atoms with Gasteiger partial charge in [0, 0.05) is 23.8 Å². The van der Waals surface area contributed by atoms with E-state index in [-0.39, 0.29) is 29.3 Å². The van der Waals surface area contributed by atoms with Gasteiger partial charge in [-0.2, -0.15) is 0 Å². The van der Waals surface area contributed by atoms with Crippen molar-refractivity contribution >= 4 is 34.0 Å². The van der Waals surface area contributed by atoms with Crippen LogP contribution in [-0.4, -0.2) is 26.9 Å². The molecule has 0 bridgehead atoms. The Kier molecular flexibility index (Phi) is 9.28. The van der Waals surface area contributed by atoms with Crippen LogP contribution >= 0.6 is 12.4 Å². The van der Waals surface area contributed by atoms with Gasteiger partial charge < -0.3 is 11.1 Å². The van der Waals surface area contributed by atoms with Gasteiger partial charge in [-0.1, -0.05) is 38.0 Å². The van der Waals surface area contributed by atoms with E-state index in [0.29, 0.717) is 17.8 Å². The first kappa shape index (κ1) is 23.0. The maximum atomic E-state index is 12.4. The summed E-state index contributed by atoms with van der Waals surface area (Å²) in [4.78, 5) is 12.4. The molecule has 0 aliphatic carbocycles. The molecule has 0 saturated carbocycles. The number of amides is 1. The van der Waals surface area contributed by atoms with Gasteiger partial charge in [0.1, 0.15) is 0 Å². The molecule has 1 atom stereocenters. The Morgan fingerprint density at radius 2 is 1.70 bits per heavy atom. The van der Waals surface area contributed by atoms with E-state index in [4.69, 9.17) is 5.73 Å². The van der Waals surface area contributed by atoms with E-state index in [1.807, 2.05) is 0 Å². The zero-order chi connectivity index (χ0) is 19.0. The number of carbonyl (C=O) groups excluding carboxylic acids is 1. The zero-order valence-electron chi connectivity index (χ0n) is 15.2. The smallest absolute Gasteiger partial charge is 0.261 e. The van der Waals surface area contributed by atoms with Gasteiger partial charge in [0.05, 0.1) is 4.90 Å². The molecule has 0 heterocycles. The SMILES string of the molecule is CCCCC(CN)NC(=O)c1ccc(S(=O)(=O)Nc2ccccc2)cc1.Cl.